The van der Waals surface area contributed by atoms with E-state index in [9.17, 15) is 19.7 Å². The molecule has 0 fully saturated rings. The molecule has 30 heavy (non-hydrogen) atoms. The number of aryl methyl sites for hydroxylation is 1. The summed E-state index contributed by atoms with van der Waals surface area (Å²) in [6, 6.07) is 11.9. The van der Waals surface area contributed by atoms with Gasteiger partial charge in [0.25, 0.3) is 5.69 Å². The van der Waals surface area contributed by atoms with Crippen LogP contribution in [0.2, 0.25) is 0 Å². The molecule has 0 bridgehead atoms. The molecule has 0 saturated heterocycles. The van der Waals surface area contributed by atoms with E-state index < -0.39 is 16.9 Å². The van der Waals surface area contributed by atoms with Crippen LogP contribution in [0, 0.1) is 17.0 Å². The zero-order chi connectivity index (χ0) is 21.8. The molecule has 3 rings (SSSR count). The number of methoxy groups -OCH3 is 2. The summed E-state index contributed by atoms with van der Waals surface area (Å²) in [6.45, 7) is 1.85. The first kappa shape index (κ1) is 20.8. The van der Waals surface area contributed by atoms with E-state index in [1.54, 1.807) is 47.6 Å². The highest BCUT2D eigenvalue weighted by Gasteiger charge is 2.24. The van der Waals surface area contributed by atoms with Crippen molar-refractivity contribution in [2.75, 3.05) is 19.1 Å². The molecule has 0 unspecified atom stereocenters. The third kappa shape index (κ3) is 4.07. The number of hydrogen-bond acceptors (Lipinski definition) is 7. The maximum absolute atomic E-state index is 12.1. The first-order valence-electron chi connectivity index (χ1n) is 9.06. The summed E-state index contributed by atoms with van der Waals surface area (Å²) in [5, 5.41) is 11.3. The number of carbonyl (C=O) groups excluding carboxylic acids is 2. The number of esters is 2. The van der Waals surface area contributed by atoms with Gasteiger partial charge < -0.3 is 14.4 Å². The summed E-state index contributed by atoms with van der Waals surface area (Å²) in [5.74, 6) is -1.08. The zero-order valence-corrected chi connectivity index (χ0v) is 16.7. The van der Waals surface area contributed by atoms with Crippen molar-refractivity contribution in [1.29, 1.82) is 0 Å². The van der Waals surface area contributed by atoms with Crippen molar-refractivity contribution in [3.8, 4) is 11.1 Å². The predicted octanol–water partition coefficient (Wildman–Crippen LogP) is 3.89. The van der Waals surface area contributed by atoms with E-state index in [1.807, 2.05) is 13.0 Å². The second kappa shape index (κ2) is 8.60. The number of para-hydroxylation sites is 1. The number of nitro benzene ring substituents is 1. The molecule has 0 N–H and O–H groups in total. The van der Waals surface area contributed by atoms with Gasteiger partial charge in [0, 0.05) is 30.6 Å². The van der Waals surface area contributed by atoms with Crippen LogP contribution in [0.5, 0.6) is 0 Å². The molecular formula is C22H20N2O6. The predicted molar refractivity (Wildman–Crippen MR) is 111 cm³/mol. The van der Waals surface area contributed by atoms with Gasteiger partial charge in [-0.1, -0.05) is 18.2 Å². The molecule has 0 radical (unpaired) electrons. The van der Waals surface area contributed by atoms with Gasteiger partial charge in [0.15, 0.2) is 0 Å². The molecule has 8 nitrogen and oxygen atoms in total. The minimum atomic E-state index is -0.538. The van der Waals surface area contributed by atoms with Gasteiger partial charge in [0.2, 0.25) is 0 Å². The van der Waals surface area contributed by atoms with Gasteiger partial charge in [-0.25, -0.2) is 9.59 Å². The van der Waals surface area contributed by atoms with E-state index in [4.69, 9.17) is 9.47 Å². The smallest absolute Gasteiger partial charge is 0.335 e. The van der Waals surface area contributed by atoms with Crippen LogP contribution in [0.3, 0.4) is 0 Å². The molecular weight excluding hydrogens is 388 g/mol. The van der Waals surface area contributed by atoms with Crippen LogP contribution in [0.1, 0.15) is 12.0 Å². The minimum absolute atomic E-state index is 0.0170. The van der Waals surface area contributed by atoms with Crippen molar-refractivity contribution < 1.29 is 24.0 Å². The van der Waals surface area contributed by atoms with Crippen molar-refractivity contribution in [2.24, 2.45) is 0 Å². The normalized spacial score (nSPS) is 13.2. The topological polar surface area (TPSA) is 99.0 Å². The van der Waals surface area contributed by atoms with Gasteiger partial charge in [0.1, 0.15) is 0 Å². The Labute approximate surface area is 173 Å². The lowest BCUT2D eigenvalue weighted by Crippen LogP contribution is -2.22. The molecule has 2 aromatic rings. The second-order valence-corrected chi connectivity index (χ2v) is 6.65. The molecule has 1 aliphatic rings. The number of nitro groups is 1. The number of anilines is 1. The highest BCUT2D eigenvalue weighted by molar-refractivity contribution is 5.96. The number of ether oxygens (including phenoxy) is 2. The summed E-state index contributed by atoms with van der Waals surface area (Å²) in [4.78, 5) is 36.7. The lowest BCUT2D eigenvalue weighted by Gasteiger charge is -2.25. The van der Waals surface area contributed by atoms with Crippen LogP contribution in [0.4, 0.5) is 11.4 Å². The summed E-state index contributed by atoms with van der Waals surface area (Å²) < 4.78 is 9.60. The Kier molecular flexibility index (Phi) is 5.96. The Morgan fingerprint density at radius 1 is 1.00 bits per heavy atom. The minimum Gasteiger partial charge on any atom is -0.466 e. The number of benzene rings is 2. The number of rotatable bonds is 5. The molecule has 0 atom stereocenters. The monoisotopic (exact) mass is 408 g/mol. The highest BCUT2D eigenvalue weighted by atomic mass is 16.6. The molecule has 154 valence electrons. The van der Waals surface area contributed by atoms with Gasteiger partial charge in [0.05, 0.1) is 35.9 Å². The highest BCUT2D eigenvalue weighted by Crippen LogP contribution is 2.34. The lowest BCUT2D eigenvalue weighted by molar-refractivity contribution is -0.384. The Bertz CT molecular complexity index is 1050. The van der Waals surface area contributed by atoms with E-state index >= 15 is 0 Å². The van der Waals surface area contributed by atoms with Crippen LogP contribution in [-0.2, 0) is 19.1 Å². The lowest BCUT2D eigenvalue weighted by atomic mass is 9.99. The number of carbonyl (C=O) groups is 2. The first-order chi connectivity index (χ1) is 14.3. The average Bonchev–Trinajstić information content (AvgIpc) is 2.77. The van der Waals surface area contributed by atoms with Gasteiger partial charge in [-0.3, -0.25) is 10.1 Å². The maximum atomic E-state index is 12.1. The van der Waals surface area contributed by atoms with Crippen molar-refractivity contribution in [1.82, 2.24) is 0 Å². The fourth-order valence-electron chi connectivity index (χ4n) is 3.31. The van der Waals surface area contributed by atoms with Crippen molar-refractivity contribution in [3.05, 3.63) is 81.7 Å². The molecule has 0 aliphatic carbocycles. The zero-order valence-electron chi connectivity index (χ0n) is 16.7. The Morgan fingerprint density at radius 3 is 2.13 bits per heavy atom. The molecule has 1 heterocycles. The molecule has 2 aromatic carbocycles. The SMILES string of the molecule is COC(=O)C1=CN(c2ccc(-c3ccccc3[N+](=O)[O-])cc2C)C=C(C(=O)OC)C1. The largest absolute Gasteiger partial charge is 0.466 e. The Hall–Kier alpha value is -3.94. The fraction of sp³-hybridized carbons (Fsp3) is 0.182. The van der Waals surface area contributed by atoms with Crippen LogP contribution >= 0.6 is 0 Å². The third-order valence-electron chi connectivity index (χ3n) is 4.75. The molecule has 8 heteroatoms. The molecule has 1 aliphatic heterocycles. The van der Waals surface area contributed by atoms with Gasteiger partial charge in [-0.2, -0.15) is 0 Å². The van der Waals surface area contributed by atoms with Crippen LogP contribution < -0.4 is 4.90 Å². The molecule has 0 saturated carbocycles. The second-order valence-electron chi connectivity index (χ2n) is 6.65. The molecule has 0 spiro atoms. The molecule has 0 amide bonds. The average molecular weight is 408 g/mol. The summed E-state index contributed by atoms with van der Waals surface area (Å²) in [7, 11) is 2.55. The summed E-state index contributed by atoms with van der Waals surface area (Å²) >= 11 is 0. The van der Waals surface area contributed by atoms with Gasteiger partial charge >= 0.3 is 11.9 Å². The van der Waals surface area contributed by atoms with E-state index in [-0.39, 0.29) is 12.1 Å². The third-order valence-corrected chi connectivity index (χ3v) is 4.75. The van der Waals surface area contributed by atoms with Crippen molar-refractivity contribution in [2.45, 2.75) is 13.3 Å². The van der Waals surface area contributed by atoms with E-state index in [0.717, 1.165) is 5.56 Å². The fourth-order valence-corrected chi connectivity index (χ4v) is 3.31. The number of hydrogen-bond donors (Lipinski definition) is 0. The van der Waals surface area contributed by atoms with Crippen molar-refractivity contribution >= 4 is 23.3 Å². The summed E-state index contributed by atoms with van der Waals surface area (Å²) in [5.41, 5.74) is 3.34. The van der Waals surface area contributed by atoms with Crippen LogP contribution in [0.15, 0.2) is 66.0 Å². The quantitative estimate of drug-likeness (QED) is 0.420. The molecule has 0 aromatic heterocycles. The van der Waals surface area contributed by atoms with Gasteiger partial charge in [-0.05, 0) is 36.2 Å². The van der Waals surface area contributed by atoms with Crippen molar-refractivity contribution in [3.63, 3.8) is 0 Å². The van der Waals surface area contributed by atoms with E-state index in [1.165, 1.54) is 20.3 Å². The first-order valence-corrected chi connectivity index (χ1v) is 9.06. The van der Waals surface area contributed by atoms with E-state index in [0.29, 0.717) is 28.0 Å². The Morgan fingerprint density at radius 2 is 1.60 bits per heavy atom. The van der Waals surface area contributed by atoms with E-state index in [2.05, 4.69) is 0 Å². The Balaban J connectivity index is 2.05. The maximum Gasteiger partial charge on any atom is 0.335 e. The van der Waals surface area contributed by atoms with Crippen LogP contribution in [-0.4, -0.2) is 31.1 Å². The van der Waals surface area contributed by atoms with Gasteiger partial charge in [-0.15, -0.1) is 0 Å². The number of nitrogens with zero attached hydrogens (tertiary/aromatic N) is 2. The summed E-state index contributed by atoms with van der Waals surface area (Å²) in [6.07, 6.45) is 3.31. The standard InChI is InChI=1S/C22H20N2O6/c1-14-10-15(18-6-4-5-7-20(18)24(27)28)8-9-19(14)23-12-16(21(25)29-2)11-17(13-23)22(26)30-3/h4-10,12-13H,11H2,1-3H3. The van der Waals surface area contributed by atoms with Crippen LogP contribution in [0.25, 0.3) is 11.1 Å².